The van der Waals surface area contributed by atoms with Crippen LogP contribution in [0.3, 0.4) is 0 Å². The van der Waals surface area contributed by atoms with E-state index in [1.54, 1.807) is 14.1 Å². The third kappa shape index (κ3) is 3.16. The summed E-state index contributed by atoms with van der Waals surface area (Å²) in [6, 6.07) is -0.601. The number of amides is 1. The summed E-state index contributed by atoms with van der Waals surface area (Å²) in [6.45, 7) is 3.85. The predicted molar refractivity (Wildman–Crippen MR) is 76.2 cm³/mol. The van der Waals surface area contributed by atoms with Gasteiger partial charge in [-0.25, -0.2) is 4.79 Å². The predicted octanol–water partition coefficient (Wildman–Crippen LogP) is -0.974. The minimum atomic E-state index is -0.601. The molecule has 0 fully saturated rings. The zero-order valence-corrected chi connectivity index (χ0v) is 12.6. The molecule has 1 rings (SSSR count). The van der Waals surface area contributed by atoms with Crippen molar-refractivity contribution in [3.05, 3.63) is 32.6 Å². The zero-order valence-electron chi connectivity index (χ0n) is 12.6. The van der Waals surface area contributed by atoms with Gasteiger partial charge in [0.2, 0.25) is 5.91 Å². The number of rotatable bonds is 4. The maximum absolute atomic E-state index is 12.1. The second-order valence-corrected chi connectivity index (χ2v) is 5.38. The van der Waals surface area contributed by atoms with Gasteiger partial charge in [-0.1, -0.05) is 13.8 Å². The first-order valence-electron chi connectivity index (χ1n) is 6.43. The molecule has 1 atom stereocenters. The summed E-state index contributed by atoms with van der Waals surface area (Å²) in [6.07, 6.45) is 1.45. The number of hydrogen-bond donors (Lipinski definition) is 1. The van der Waals surface area contributed by atoms with Crippen molar-refractivity contribution in [2.24, 2.45) is 25.7 Å². The number of likely N-dealkylation sites (N-methyl/N-ethyl adjacent to an activating group) is 1. The minimum Gasteiger partial charge on any atom is -0.340 e. The fraction of sp³-hybridized carbons (Fsp3) is 0.615. The van der Waals surface area contributed by atoms with Crippen molar-refractivity contribution in [1.29, 1.82) is 0 Å². The summed E-state index contributed by atoms with van der Waals surface area (Å²) in [4.78, 5) is 37.0. The second kappa shape index (κ2) is 6.04. The number of carbonyl (C=O) groups excluding carboxylic acids is 1. The van der Waals surface area contributed by atoms with E-state index in [1.165, 1.54) is 22.7 Å². The molecule has 1 amide bonds. The highest BCUT2D eigenvalue weighted by Crippen LogP contribution is 2.04. The Hall–Kier alpha value is -1.89. The molecule has 1 aromatic heterocycles. The van der Waals surface area contributed by atoms with Gasteiger partial charge in [0.05, 0.1) is 18.2 Å². The molecule has 112 valence electrons. The second-order valence-electron chi connectivity index (χ2n) is 5.38. The van der Waals surface area contributed by atoms with Crippen LogP contribution in [0.2, 0.25) is 0 Å². The van der Waals surface area contributed by atoms with Crippen molar-refractivity contribution in [2.45, 2.75) is 26.4 Å². The topological polar surface area (TPSA) is 90.3 Å². The number of hydrogen-bond acceptors (Lipinski definition) is 4. The maximum atomic E-state index is 12.1. The Morgan fingerprint density at radius 1 is 1.35 bits per heavy atom. The molecule has 0 aromatic carbocycles. The van der Waals surface area contributed by atoms with Crippen LogP contribution in [0.15, 0.2) is 15.8 Å². The molecule has 7 nitrogen and oxygen atoms in total. The highest BCUT2D eigenvalue weighted by Gasteiger charge is 2.22. The van der Waals surface area contributed by atoms with Gasteiger partial charge in [0.1, 0.15) is 0 Å². The minimum absolute atomic E-state index is 0.0212. The molecule has 1 aromatic rings. The number of aromatic nitrogens is 2. The monoisotopic (exact) mass is 282 g/mol. The van der Waals surface area contributed by atoms with Crippen LogP contribution in [-0.4, -0.2) is 33.0 Å². The first-order chi connectivity index (χ1) is 9.16. The smallest absolute Gasteiger partial charge is 0.330 e. The maximum Gasteiger partial charge on any atom is 0.330 e. The lowest BCUT2D eigenvalue weighted by Crippen LogP contribution is -2.46. The largest absolute Gasteiger partial charge is 0.340 e. The fourth-order valence-corrected chi connectivity index (χ4v) is 1.86. The molecular formula is C13H22N4O3. The fourth-order valence-electron chi connectivity index (χ4n) is 1.86. The Morgan fingerprint density at radius 3 is 2.40 bits per heavy atom. The first-order valence-corrected chi connectivity index (χ1v) is 6.43. The van der Waals surface area contributed by atoms with E-state index in [2.05, 4.69) is 0 Å². The van der Waals surface area contributed by atoms with Crippen LogP contribution < -0.4 is 17.0 Å². The van der Waals surface area contributed by atoms with Gasteiger partial charge in [-0.15, -0.1) is 0 Å². The molecule has 0 aliphatic heterocycles. The van der Waals surface area contributed by atoms with Gasteiger partial charge < -0.3 is 15.2 Å². The summed E-state index contributed by atoms with van der Waals surface area (Å²) >= 11 is 0. The van der Waals surface area contributed by atoms with Crippen molar-refractivity contribution in [1.82, 2.24) is 14.0 Å². The Kier molecular flexibility index (Phi) is 4.88. The molecule has 0 saturated carbocycles. The van der Waals surface area contributed by atoms with Gasteiger partial charge in [-0.2, -0.15) is 0 Å². The van der Waals surface area contributed by atoms with Crippen LogP contribution in [0, 0.1) is 5.92 Å². The van der Waals surface area contributed by atoms with E-state index in [4.69, 9.17) is 5.73 Å². The number of aryl methyl sites for hydroxylation is 1. The Balaban J connectivity index is 3.03. The highest BCUT2D eigenvalue weighted by molar-refractivity contribution is 5.81. The van der Waals surface area contributed by atoms with Crippen molar-refractivity contribution in [3.8, 4) is 0 Å². The third-order valence-corrected chi connectivity index (χ3v) is 3.30. The van der Waals surface area contributed by atoms with Gasteiger partial charge in [0.25, 0.3) is 5.56 Å². The van der Waals surface area contributed by atoms with Crippen LogP contribution in [0.1, 0.15) is 19.4 Å². The van der Waals surface area contributed by atoms with Crippen LogP contribution in [0.5, 0.6) is 0 Å². The average Bonchev–Trinajstić information content (AvgIpc) is 2.40. The lowest BCUT2D eigenvalue weighted by molar-refractivity contribution is -0.132. The lowest BCUT2D eigenvalue weighted by Gasteiger charge is -2.23. The number of nitrogens with zero attached hydrogens (tertiary/aromatic N) is 3. The summed E-state index contributed by atoms with van der Waals surface area (Å²) in [5.74, 6) is -0.205. The standard InChI is InChI=1S/C13H22N4O3/c1-8(2)10(14)12(19)15(3)6-9-7-16(4)13(20)17(5)11(9)18/h7-8,10H,6,14H2,1-5H3/t10-/m1/s1. The summed E-state index contributed by atoms with van der Waals surface area (Å²) < 4.78 is 2.34. The zero-order chi connectivity index (χ0) is 15.6. The van der Waals surface area contributed by atoms with Crippen molar-refractivity contribution in [3.63, 3.8) is 0 Å². The molecule has 0 bridgehead atoms. The lowest BCUT2D eigenvalue weighted by atomic mass is 10.0. The van der Waals surface area contributed by atoms with Gasteiger partial charge >= 0.3 is 5.69 Å². The Labute approximate surface area is 117 Å². The molecule has 0 spiro atoms. The van der Waals surface area contributed by atoms with E-state index in [0.29, 0.717) is 5.56 Å². The van der Waals surface area contributed by atoms with Crippen molar-refractivity contribution >= 4 is 5.91 Å². The van der Waals surface area contributed by atoms with Crippen LogP contribution in [-0.2, 0) is 25.4 Å². The highest BCUT2D eigenvalue weighted by atomic mass is 16.2. The van der Waals surface area contributed by atoms with E-state index in [0.717, 1.165) is 4.57 Å². The van der Waals surface area contributed by atoms with Crippen LogP contribution in [0.25, 0.3) is 0 Å². The molecule has 0 unspecified atom stereocenters. The van der Waals surface area contributed by atoms with E-state index < -0.39 is 17.3 Å². The number of carbonyl (C=O) groups is 1. The van der Waals surface area contributed by atoms with Gasteiger partial charge in [0.15, 0.2) is 0 Å². The Morgan fingerprint density at radius 2 is 1.90 bits per heavy atom. The molecule has 0 aliphatic rings. The van der Waals surface area contributed by atoms with E-state index in [1.807, 2.05) is 13.8 Å². The van der Waals surface area contributed by atoms with E-state index >= 15 is 0 Å². The molecule has 0 aliphatic carbocycles. The average molecular weight is 282 g/mol. The van der Waals surface area contributed by atoms with E-state index in [-0.39, 0.29) is 18.4 Å². The molecular weight excluding hydrogens is 260 g/mol. The molecule has 0 radical (unpaired) electrons. The molecule has 0 saturated heterocycles. The van der Waals surface area contributed by atoms with Gasteiger partial charge in [0, 0.05) is 27.3 Å². The van der Waals surface area contributed by atoms with Crippen molar-refractivity contribution in [2.75, 3.05) is 7.05 Å². The molecule has 2 N–H and O–H groups in total. The summed E-state index contributed by atoms with van der Waals surface area (Å²) in [5, 5.41) is 0. The summed E-state index contributed by atoms with van der Waals surface area (Å²) in [5.41, 5.74) is 5.39. The van der Waals surface area contributed by atoms with Crippen LogP contribution >= 0.6 is 0 Å². The SMILES string of the molecule is CC(C)[C@@H](N)C(=O)N(C)Cc1cn(C)c(=O)n(C)c1=O. The Bertz CT molecular complexity index is 615. The van der Waals surface area contributed by atoms with Crippen LogP contribution in [0.4, 0.5) is 0 Å². The molecule has 1 heterocycles. The van der Waals surface area contributed by atoms with Gasteiger partial charge in [-0.05, 0) is 5.92 Å². The van der Waals surface area contributed by atoms with Gasteiger partial charge in [-0.3, -0.25) is 14.2 Å². The van der Waals surface area contributed by atoms with E-state index in [9.17, 15) is 14.4 Å². The normalized spacial score (nSPS) is 12.6. The number of nitrogens with two attached hydrogens (primary N) is 1. The molecule has 20 heavy (non-hydrogen) atoms. The molecule has 7 heteroatoms. The third-order valence-electron chi connectivity index (χ3n) is 3.30. The quantitative estimate of drug-likeness (QED) is 0.769. The first kappa shape index (κ1) is 16.2. The van der Waals surface area contributed by atoms with Crippen molar-refractivity contribution < 1.29 is 4.79 Å². The summed E-state index contributed by atoms with van der Waals surface area (Å²) in [7, 11) is 4.57.